The van der Waals surface area contributed by atoms with Gasteiger partial charge >= 0.3 is 0 Å². The topological polar surface area (TPSA) is 69.2 Å². The van der Waals surface area contributed by atoms with E-state index in [1.165, 1.54) is 6.21 Å². The lowest BCUT2D eigenvalue weighted by molar-refractivity contribution is -0.123. The van der Waals surface area contributed by atoms with Crippen molar-refractivity contribution < 1.29 is 19.0 Å². The first-order valence-electron chi connectivity index (χ1n) is 9.30. The van der Waals surface area contributed by atoms with Gasteiger partial charge in [-0.05, 0) is 42.0 Å². The van der Waals surface area contributed by atoms with Crippen molar-refractivity contribution in [1.29, 1.82) is 0 Å². The lowest BCUT2D eigenvalue weighted by Crippen LogP contribution is -2.24. The minimum Gasteiger partial charge on any atom is -0.493 e. The fraction of sp³-hybridized carbons (Fsp3) is 0.130. The van der Waals surface area contributed by atoms with Gasteiger partial charge in [-0.25, -0.2) is 5.43 Å². The standard InChI is InChI=1S/C23H20Cl2N2O4/c1-29-22-12-16(10-11-21(22)30-14-17-6-2-3-7-18(17)24)13-26-27-23(28)15-31-20-9-5-4-8-19(20)25/h2-13H,14-15H2,1H3,(H,27,28). The molecule has 0 saturated carbocycles. The zero-order chi connectivity index (χ0) is 22.1. The van der Waals surface area contributed by atoms with Crippen molar-refractivity contribution >= 4 is 35.3 Å². The third-order valence-electron chi connectivity index (χ3n) is 4.13. The van der Waals surface area contributed by atoms with Gasteiger partial charge in [-0.3, -0.25) is 4.79 Å². The summed E-state index contributed by atoms with van der Waals surface area (Å²) in [5, 5.41) is 5.01. The molecule has 0 aliphatic rings. The van der Waals surface area contributed by atoms with Crippen molar-refractivity contribution in [3.05, 3.63) is 87.9 Å². The van der Waals surface area contributed by atoms with Gasteiger partial charge in [0.2, 0.25) is 0 Å². The molecule has 0 radical (unpaired) electrons. The molecule has 0 aliphatic carbocycles. The minimum atomic E-state index is -0.414. The summed E-state index contributed by atoms with van der Waals surface area (Å²) in [7, 11) is 1.55. The number of ether oxygens (including phenoxy) is 3. The number of methoxy groups -OCH3 is 1. The van der Waals surface area contributed by atoms with Gasteiger partial charge in [0.05, 0.1) is 18.3 Å². The summed E-state index contributed by atoms with van der Waals surface area (Å²) in [5.41, 5.74) is 3.99. The number of para-hydroxylation sites is 1. The van der Waals surface area contributed by atoms with E-state index in [0.717, 1.165) is 5.56 Å². The van der Waals surface area contributed by atoms with Gasteiger partial charge in [0.25, 0.3) is 5.91 Å². The first kappa shape index (κ1) is 22.5. The van der Waals surface area contributed by atoms with Crippen LogP contribution < -0.4 is 19.6 Å². The average Bonchev–Trinajstić information content (AvgIpc) is 2.78. The van der Waals surface area contributed by atoms with Gasteiger partial charge in [0.1, 0.15) is 12.4 Å². The number of hydrazone groups is 1. The van der Waals surface area contributed by atoms with Crippen LogP contribution in [0.2, 0.25) is 10.0 Å². The minimum absolute atomic E-state index is 0.209. The van der Waals surface area contributed by atoms with Crippen molar-refractivity contribution in [2.24, 2.45) is 5.10 Å². The number of carbonyl (C=O) groups excluding carboxylic acids is 1. The van der Waals surface area contributed by atoms with E-state index in [-0.39, 0.29) is 6.61 Å². The first-order valence-corrected chi connectivity index (χ1v) is 10.1. The molecule has 0 fully saturated rings. The number of hydrogen-bond donors (Lipinski definition) is 1. The number of carbonyl (C=O) groups is 1. The van der Waals surface area contributed by atoms with E-state index in [9.17, 15) is 4.79 Å². The van der Waals surface area contributed by atoms with E-state index < -0.39 is 5.91 Å². The molecule has 1 N–H and O–H groups in total. The molecule has 3 rings (SSSR count). The highest BCUT2D eigenvalue weighted by Crippen LogP contribution is 2.29. The molecule has 0 atom stereocenters. The van der Waals surface area contributed by atoms with Crippen molar-refractivity contribution in [2.45, 2.75) is 6.61 Å². The quantitative estimate of drug-likeness (QED) is 0.357. The predicted molar refractivity (Wildman–Crippen MR) is 121 cm³/mol. The molecule has 3 aromatic carbocycles. The van der Waals surface area contributed by atoms with Crippen LogP contribution in [0.1, 0.15) is 11.1 Å². The SMILES string of the molecule is COc1cc(C=NNC(=O)COc2ccccc2Cl)ccc1OCc1ccccc1Cl. The van der Waals surface area contributed by atoms with Gasteiger partial charge in [0, 0.05) is 10.6 Å². The van der Waals surface area contributed by atoms with E-state index in [1.807, 2.05) is 24.3 Å². The molecular formula is C23H20Cl2N2O4. The van der Waals surface area contributed by atoms with Gasteiger partial charge in [-0.2, -0.15) is 5.10 Å². The largest absolute Gasteiger partial charge is 0.493 e. The predicted octanol–water partition coefficient (Wildman–Crippen LogP) is 5.11. The summed E-state index contributed by atoms with van der Waals surface area (Å²) in [6.45, 7) is 0.101. The molecular weight excluding hydrogens is 439 g/mol. The van der Waals surface area contributed by atoms with E-state index in [4.69, 9.17) is 37.4 Å². The zero-order valence-electron chi connectivity index (χ0n) is 16.7. The fourth-order valence-electron chi connectivity index (χ4n) is 2.57. The van der Waals surface area contributed by atoms with Crippen LogP contribution in [-0.2, 0) is 11.4 Å². The molecule has 31 heavy (non-hydrogen) atoms. The van der Waals surface area contributed by atoms with Crippen LogP contribution in [0.3, 0.4) is 0 Å². The van der Waals surface area contributed by atoms with E-state index in [1.54, 1.807) is 49.6 Å². The summed E-state index contributed by atoms with van der Waals surface area (Å²) in [4.78, 5) is 11.9. The Morgan fingerprint density at radius 3 is 2.42 bits per heavy atom. The molecule has 0 heterocycles. The number of hydrogen-bond acceptors (Lipinski definition) is 5. The summed E-state index contributed by atoms with van der Waals surface area (Å²) in [5.74, 6) is 1.12. The maximum absolute atomic E-state index is 11.9. The van der Waals surface area contributed by atoms with Crippen LogP contribution in [0.5, 0.6) is 17.2 Å². The molecule has 160 valence electrons. The highest BCUT2D eigenvalue weighted by Gasteiger charge is 2.08. The molecule has 3 aromatic rings. The zero-order valence-corrected chi connectivity index (χ0v) is 18.2. The van der Waals surface area contributed by atoms with E-state index in [0.29, 0.717) is 39.5 Å². The highest BCUT2D eigenvalue weighted by atomic mass is 35.5. The van der Waals surface area contributed by atoms with Crippen LogP contribution in [0.15, 0.2) is 71.8 Å². The Kier molecular flexibility index (Phi) is 8.15. The van der Waals surface area contributed by atoms with Gasteiger partial charge in [0.15, 0.2) is 18.1 Å². The number of benzene rings is 3. The molecule has 0 spiro atoms. The second-order valence-electron chi connectivity index (χ2n) is 6.30. The second-order valence-corrected chi connectivity index (χ2v) is 7.12. The summed E-state index contributed by atoms with van der Waals surface area (Å²) >= 11 is 12.1. The Balaban J connectivity index is 1.54. The Labute approximate surface area is 190 Å². The van der Waals surface area contributed by atoms with Crippen molar-refractivity contribution in [3.8, 4) is 17.2 Å². The van der Waals surface area contributed by atoms with E-state index in [2.05, 4.69) is 10.5 Å². The smallest absolute Gasteiger partial charge is 0.277 e. The Bertz CT molecular complexity index is 1070. The molecule has 8 heteroatoms. The Morgan fingerprint density at radius 2 is 1.68 bits per heavy atom. The van der Waals surface area contributed by atoms with Crippen LogP contribution in [0.4, 0.5) is 0 Å². The molecule has 0 saturated heterocycles. The summed E-state index contributed by atoms with van der Waals surface area (Å²) < 4.78 is 16.6. The summed E-state index contributed by atoms with van der Waals surface area (Å²) in [6, 6.07) is 19.7. The monoisotopic (exact) mass is 458 g/mol. The van der Waals surface area contributed by atoms with Crippen LogP contribution in [0, 0.1) is 0 Å². The molecule has 0 bridgehead atoms. The lowest BCUT2D eigenvalue weighted by atomic mass is 10.2. The average molecular weight is 459 g/mol. The number of halogens is 2. The first-order chi connectivity index (χ1) is 15.1. The van der Waals surface area contributed by atoms with Crippen LogP contribution in [0.25, 0.3) is 0 Å². The van der Waals surface area contributed by atoms with Gasteiger partial charge in [-0.1, -0.05) is 53.5 Å². The Hall–Kier alpha value is -3.22. The number of rotatable bonds is 9. The van der Waals surface area contributed by atoms with Gasteiger partial charge < -0.3 is 14.2 Å². The normalized spacial score (nSPS) is 10.7. The number of nitrogens with one attached hydrogen (secondary N) is 1. The Morgan fingerprint density at radius 1 is 0.935 bits per heavy atom. The van der Waals surface area contributed by atoms with Crippen LogP contribution in [-0.4, -0.2) is 25.8 Å². The third-order valence-corrected chi connectivity index (χ3v) is 4.81. The van der Waals surface area contributed by atoms with Crippen molar-refractivity contribution in [2.75, 3.05) is 13.7 Å². The van der Waals surface area contributed by atoms with Crippen molar-refractivity contribution in [1.82, 2.24) is 5.43 Å². The number of amides is 1. The molecule has 0 aliphatic heterocycles. The molecule has 0 aromatic heterocycles. The maximum atomic E-state index is 11.9. The lowest BCUT2D eigenvalue weighted by Gasteiger charge is -2.12. The number of nitrogens with zero attached hydrogens (tertiary/aromatic N) is 1. The maximum Gasteiger partial charge on any atom is 0.277 e. The molecule has 6 nitrogen and oxygen atoms in total. The van der Waals surface area contributed by atoms with Crippen LogP contribution >= 0.6 is 23.2 Å². The van der Waals surface area contributed by atoms with Crippen molar-refractivity contribution in [3.63, 3.8) is 0 Å². The summed E-state index contributed by atoms with van der Waals surface area (Å²) in [6.07, 6.45) is 1.49. The molecule has 1 amide bonds. The van der Waals surface area contributed by atoms with Gasteiger partial charge in [-0.15, -0.1) is 0 Å². The second kappa shape index (κ2) is 11.2. The molecule has 0 unspecified atom stereocenters. The van der Waals surface area contributed by atoms with E-state index >= 15 is 0 Å². The third kappa shape index (κ3) is 6.64. The fourth-order valence-corrected chi connectivity index (χ4v) is 2.95. The highest BCUT2D eigenvalue weighted by molar-refractivity contribution is 6.32.